The van der Waals surface area contributed by atoms with E-state index in [1.807, 2.05) is 13.0 Å². The van der Waals surface area contributed by atoms with Crippen molar-refractivity contribution in [1.29, 1.82) is 0 Å². The summed E-state index contributed by atoms with van der Waals surface area (Å²) in [4.78, 5) is 0. The van der Waals surface area contributed by atoms with E-state index in [1.54, 1.807) is 6.92 Å². The van der Waals surface area contributed by atoms with Crippen LogP contribution in [0.3, 0.4) is 0 Å². The molecule has 1 rings (SSSR count). The van der Waals surface area contributed by atoms with Crippen molar-refractivity contribution < 1.29 is 4.39 Å². The molecule has 1 nitrogen and oxygen atoms in total. The van der Waals surface area contributed by atoms with E-state index < -0.39 is 0 Å². The van der Waals surface area contributed by atoms with Gasteiger partial charge in [0.15, 0.2) is 0 Å². The molecule has 0 fully saturated rings. The third kappa shape index (κ3) is 2.93. The summed E-state index contributed by atoms with van der Waals surface area (Å²) in [6.07, 6.45) is 0.943. The Morgan fingerprint density at radius 3 is 2.60 bits per heavy atom. The average molecular weight is 230 g/mol. The predicted molar refractivity (Wildman–Crippen MR) is 62.9 cm³/mol. The number of benzene rings is 1. The van der Waals surface area contributed by atoms with E-state index in [4.69, 9.17) is 11.6 Å². The van der Waals surface area contributed by atoms with Gasteiger partial charge in [-0.2, -0.15) is 0 Å². The van der Waals surface area contributed by atoms with E-state index >= 15 is 0 Å². The molecule has 0 aliphatic carbocycles. The topological polar surface area (TPSA) is 12.0 Å². The molecule has 1 aromatic carbocycles. The van der Waals surface area contributed by atoms with Crippen molar-refractivity contribution in [3.05, 3.63) is 34.1 Å². The number of aryl methyl sites for hydroxylation is 1. The van der Waals surface area contributed by atoms with Crippen molar-refractivity contribution in [3.8, 4) is 0 Å². The van der Waals surface area contributed by atoms with Crippen molar-refractivity contribution in [2.75, 3.05) is 6.54 Å². The molecule has 0 heterocycles. The summed E-state index contributed by atoms with van der Waals surface area (Å²) >= 11 is 6.03. The van der Waals surface area contributed by atoms with Crippen LogP contribution in [-0.2, 0) is 0 Å². The SMILES string of the molecule is CCNC(CC)c1cc(C)c(F)cc1Cl. The molecule has 84 valence electrons. The first-order valence-electron chi connectivity index (χ1n) is 5.29. The first-order chi connectivity index (χ1) is 7.10. The van der Waals surface area contributed by atoms with Crippen LogP contribution in [0.25, 0.3) is 0 Å². The van der Waals surface area contributed by atoms with Crippen LogP contribution in [0.1, 0.15) is 37.4 Å². The van der Waals surface area contributed by atoms with Crippen LogP contribution in [0.5, 0.6) is 0 Å². The van der Waals surface area contributed by atoms with E-state index in [1.165, 1.54) is 6.07 Å². The van der Waals surface area contributed by atoms with Gasteiger partial charge < -0.3 is 5.32 Å². The molecule has 0 saturated carbocycles. The van der Waals surface area contributed by atoms with E-state index in [2.05, 4.69) is 12.2 Å². The zero-order valence-electron chi connectivity index (χ0n) is 9.40. The van der Waals surface area contributed by atoms with Gasteiger partial charge in [0.05, 0.1) is 0 Å². The standard InChI is InChI=1S/C12H17ClFN/c1-4-12(15-5-2)9-6-8(3)11(14)7-10(9)13/h6-7,12,15H,4-5H2,1-3H3. The number of hydrogen-bond acceptors (Lipinski definition) is 1. The van der Waals surface area contributed by atoms with E-state index in [9.17, 15) is 4.39 Å². The highest BCUT2D eigenvalue weighted by Crippen LogP contribution is 2.27. The Morgan fingerprint density at radius 1 is 1.40 bits per heavy atom. The minimum atomic E-state index is -0.241. The van der Waals surface area contributed by atoms with Gasteiger partial charge in [0.1, 0.15) is 5.82 Å². The molecule has 0 aliphatic heterocycles. The molecule has 1 atom stereocenters. The second-order valence-corrected chi connectivity index (χ2v) is 4.05. The molecule has 0 radical (unpaired) electrons. The summed E-state index contributed by atoms with van der Waals surface area (Å²) in [6, 6.07) is 3.43. The summed E-state index contributed by atoms with van der Waals surface area (Å²) in [7, 11) is 0. The van der Waals surface area contributed by atoms with E-state index in [-0.39, 0.29) is 11.9 Å². The zero-order valence-corrected chi connectivity index (χ0v) is 10.2. The Bertz CT molecular complexity index is 339. The molecule has 15 heavy (non-hydrogen) atoms. The monoisotopic (exact) mass is 229 g/mol. The Hall–Kier alpha value is -0.600. The maximum absolute atomic E-state index is 13.2. The smallest absolute Gasteiger partial charge is 0.127 e. The second-order valence-electron chi connectivity index (χ2n) is 3.64. The van der Waals surface area contributed by atoms with Gasteiger partial charge in [0.2, 0.25) is 0 Å². The fourth-order valence-corrected chi connectivity index (χ4v) is 1.95. The lowest BCUT2D eigenvalue weighted by Gasteiger charge is -2.18. The molecule has 1 N–H and O–H groups in total. The van der Waals surface area contributed by atoms with Gasteiger partial charge >= 0.3 is 0 Å². The lowest BCUT2D eigenvalue weighted by atomic mass is 10.0. The highest BCUT2D eigenvalue weighted by Gasteiger charge is 2.13. The molecule has 0 bridgehead atoms. The van der Waals surface area contributed by atoms with Crippen LogP contribution >= 0.6 is 11.6 Å². The first kappa shape index (κ1) is 12.5. The number of hydrogen-bond donors (Lipinski definition) is 1. The van der Waals surface area contributed by atoms with Gasteiger partial charge in [0.25, 0.3) is 0 Å². The third-order valence-electron chi connectivity index (χ3n) is 2.51. The Kier molecular flexibility index (Phi) is 4.55. The summed E-state index contributed by atoms with van der Waals surface area (Å²) in [6.45, 7) is 6.77. The highest BCUT2D eigenvalue weighted by atomic mass is 35.5. The van der Waals surface area contributed by atoms with Crippen LogP contribution in [0.15, 0.2) is 12.1 Å². The third-order valence-corrected chi connectivity index (χ3v) is 2.84. The van der Waals surface area contributed by atoms with Crippen molar-refractivity contribution in [2.45, 2.75) is 33.2 Å². The Balaban J connectivity index is 3.06. The summed E-state index contributed by atoms with van der Waals surface area (Å²) in [5.41, 5.74) is 1.63. The van der Waals surface area contributed by atoms with Crippen LogP contribution in [-0.4, -0.2) is 6.54 Å². The quantitative estimate of drug-likeness (QED) is 0.827. The van der Waals surface area contributed by atoms with Gasteiger partial charge in [-0.15, -0.1) is 0 Å². The fraction of sp³-hybridized carbons (Fsp3) is 0.500. The van der Waals surface area contributed by atoms with E-state index in [0.29, 0.717) is 10.6 Å². The van der Waals surface area contributed by atoms with Gasteiger partial charge in [-0.3, -0.25) is 0 Å². The Morgan fingerprint density at radius 2 is 2.07 bits per heavy atom. The molecular weight excluding hydrogens is 213 g/mol. The minimum Gasteiger partial charge on any atom is -0.310 e. The normalized spacial score (nSPS) is 12.9. The van der Waals surface area contributed by atoms with Crippen molar-refractivity contribution in [1.82, 2.24) is 5.32 Å². The molecule has 0 spiro atoms. The maximum Gasteiger partial charge on any atom is 0.127 e. The second kappa shape index (κ2) is 5.47. The largest absolute Gasteiger partial charge is 0.310 e. The molecule has 0 aliphatic rings. The van der Waals surface area contributed by atoms with Crippen molar-refractivity contribution in [3.63, 3.8) is 0 Å². The molecular formula is C12H17ClFN. The van der Waals surface area contributed by atoms with Gasteiger partial charge in [-0.1, -0.05) is 31.5 Å². The molecule has 3 heteroatoms. The molecule has 0 saturated heterocycles. The fourth-order valence-electron chi connectivity index (χ4n) is 1.67. The minimum absolute atomic E-state index is 0.210. The predicted octanol–water partition coefficient (Wildman–Crippen LogP) is 3.85. The summed E-state index contributed by atoms with van der Waals surface area (Å²) in [5, 5.41) is 3.83. The van der Waals surface area contributed by atoms with Crippen LogP contribution in [0, 0.1) is 12.7 Å². The van der Waals surface area contributed by atoms with Crippen LogP contribution in [0.2, 0.25) is 5.02 Å². The molecule has 1 unspecified atom stereocenters. The van der Waals surface area contributed by atoms with Gasteiger partial charge in [-0.25, -0.2) is 4.39 Å². The number of nitrogens with one attached hydrogen (secondary N) is 1. The summed E-state index contributed by atoms with van der Waals surface area (Å²) in [5.74, 6) is -0.241. The first-order valence-corrected chi connectivity index (χ1v) is 5.66. The van der Waals surface area contributed by atoms with E-state index in [0.717, 1.165) is 18.5 Å². The molecule has 0 amide bonds. The maximum atomic E-state index is 13.2. The molecule has 1 aromatic rings. The van der Waals surface area contributed by atoms with Gasteiger partial charge in [-0.05, 0) is 37.1 Å². The van der Waals surface area contributed by atoms with Gasteiger partial charge in [0, 0.05) is 11.1 Å². The average Bonchev–Trinajstić information content (AvgIpc) is 2.20. The van der Waals surface area contributed by atoms with Crippen molar-refractivity contribution >= 4 is 11.6 Å². The summed E-state index contributed by atoms with van der Waals surface area (Å²) < 4.78 is 13.2. The Labute approximate surface area is 95.6 Å². The highest BCUT2D eigenvalue weighted by molar-refractivity contribution is 6.31. The lowest BCUT2D eigenvalue weighted by Crippen LogP contribution is -2.20. The lowest BCUT2D eigenvalue weighted by molar-refractivity contribution is 0.534. The zero-order chi connectivity index (χ0) is 11.4. The van der Waals surface area contributed by atoms with Crippen molar-refractivity contribution in [2.24, 2.45) is 0 Å². The van der Waals surface area contributed by atoms with Crippen LogP contribution in [0.4, 0.5) is 4.39 Å². The van der Waals surface area contributed by atoms with Crippen LogP contribution < -0.4 is 5.32 Å². The molecule has 0 aromatic heterocycles. The number of halogens is 2. The number of rotatable bonds is 4.